The summed E-state index contributed by atoms with van der Waals surface area (Å²) in [5.41, 5.74) is 15.5. The average Bonchev–Trinajstić information content (AvgIpc) is 3.54. The predicted octanol–water partition coefficient (Wildman–Crippen LogP) is 11.1. The van der Waals surface area contributed by atoms with Gasteiger partial charge in [0.25, 0.3) is 0 Å². The molecule has 2 heteroatoms. The van der Waals surface area contributed by atoms with Crippen molar-refractivity contribution in [2.45, 2.75) is 24.9 Å². The molecule has 2 nitrogen and oxygen atoms in total. The van der Waals surface area contributed by atoms with Crippen molar-refractivity contribution >= 4 is 22.5 Å². The van der Waals surface area contributed by atoms with Crippen LogP contribution in [0.2, 0.25) is 0 Å². The van der Waals surface area contributed by atoms with Crippen molar-refractivity contribution in [2.75, 3.05) is 10.2 Å². The summed E-state index contributed by atoms with van der Waals surface area (Å²) >= 11 is 0. The Balaban J connectivity index is 1.12. The molecule has 0 bridgehead atoms. The highest BCUT2D eigenvalue weighted by atomic mass is 15.3. The molecular weight excluding hydrogens is 569 g/mol. The molecule has 0 aromatic heterocycles. The van der Waals surface area contributed by atoms with Gasteiger partial charge in [-0.1, -0.05) is 152 Å². The molecule has 1 N–H and O–H groups in total. The lowest BCUT2D eigenvalue weighted by Gasteiger charge is -2.37. The SMILES string of the molecule is C1=CC(N2c3ccccc3NC2c2ccc(C3=CC4C(=C(c5ccccc5)c5ccccc5C4c4ccccc4)C=C3)cc2)=CCC1. The van der Waals surface area contributed by atoms with Gasteiger partial charge in [-0.15, -0.1) is 0 Å². The molecule has 0 saturated heterocycles. The summed E-state index contributed by atoms with van der Waals surface area (Å²) in [5.74, 6) is 0.453. The van der Waals surface area contributed by atoms with Crippen molar-refractivity contribution in [1.82, 2.24) is 0 Å². The van der Waals surface area contributed by atoms with Crippen molar-refractivity contribution in [3.63, 3.8) is 0 Å². The van der Waals surface area contributed by atoms with Crippen LogP contribution in [-0.4, -0.2) is 0 Å². The minimum atomic E-state index is 0.0478. The number of fused-ring (bicyclic) bond motifs is 3. The van der Waals surface area contributed by atoms with Crippen LogP contribution in [0.25, 0.3) is 11.1 Å². The Labute approximate surface area is 277 Å². The van der Waals surface area contributed by atoms with Gasteiger partial charge in [0.15, 0.2) is 0 Å². The van der Waals surface area contributed by atoms with Gasteiger partial charge in [0.05, 0.1) is 11.4 Å². The highest BCUT2D eigenvalue weighted by molar-refractivity contribution is 5.91. The minimum Gasteiger partial charge on any atom is -0.359 e. The number of para-hydroxylation sites is 2. The molecular formula is C45H36N2. The zero-order valence-electron chi connectivity index (χ0n) is 26.3. The van der Waals surface area contributed by atoms with Gasteiger partial charge >= 0.3 is 0 Å². The standard InChI is InChI=1S/C45H36N2/c1-4-14-32(15-5-1)43-37-20-10-11-21-38(37)44(33-16-6-2-7-17-33)40-30-35(28-29-39(40)43)31-24-26-34(27-25-31)45-46-41-22-12-13-23-42(41)47(45)36-18-8-3-9-19-36/h1-2,4-8,10-30,40,44-46H,3,9H2. The molecule has 0 fully saturated rings. The molecule has 1 heterocycles. The molecule has 9 rings (SSSR count). The number of anilines is 2. The van der Waals surface area contributed by atoms with E-state index in [9.17, 15) is 0 Å². The van der Waals surface area contributed by atoms with Crippen molar-refractivity contribution in [1.29, 1.82) is 0 Å². The Morgan fingerprint density at radius 1 is 0.596 bits per heavy atom. The molecule has 5 aromatic rings. The van der Waals surface area contributed by atoms with E-state index >= 15 is 0 Å². The maximum absolute atomic E-state index is 3.80. The summed E-state index contributed by atoms with van der Waals surface area (Å²) in [5, 5.41) is 3.80. The van der Waals surface area contributed by atoms with E-state index in [0.717, 1.165) is 12.8 Å². The fraction of sp³-hybridized carbons (Fsp3) is 0.111. The Kier molecular flexibility index (Phi) is 6.86. The van der Waals surface area contributed by atoms with E-state index < -0.39 is 0 Å². The number of benzene rings is 5. The third kappa shape index (κ3) is 4.80. The fourth-order valence-electron chi connectivity index (χ4n) is 7.98. The largest absolute Gasteiger partial charge is 0.359 e. The molecule has 0 saturated carbocycles. The van der Waals surface area contributed by atoms with Crippen LogP contribution < -0.4 is 10.2 Å². The zero-order chi connectivity index (χ0) is 31.2. The third-order valence-corrected chi connectivity index (χ3v) is 10.1. The molecule has 47 heavy (non-hydrogen) atoms. The van der Waals surface area contributed by atoms with E-state index in [2.05, 4.69) is 180 Å². The first-order chi connectivity index (χ1) is 23.3. The monoisotopic (exact) mass is 604 g/mol. The van der Waals surface area contributed by atoms with Crippen LogP contribution >= 0.6 is 0 Å². The Bertz CT molecular complexity index is 2110. The highest BCUT2D eigenvalue weighted by Crippen LogP contribution is 2.51. The fourth-order valence-corrected chi connectivity index (χ4v) is 7.98. The predicted molar refractivity (Wildman–Crippen MR) is 196 cm³/mol. The quantitative estimate of drug-likeness (QED) is 0.215. The molecule has 0 radical (unpaired) electrons. The first-order valence-electron chi connectivity index (χ1n) is 16.8. The molecule has 3 unspecified atom stereocenters. The van der Waals surface area contributed by atoms with Crippen LogP contribution in [0, 0.1) is 5.92 Å². The second kappa shape index (κ2) is 11.6. The summed E-state index contributed by atoms with van der Waals surface area (Å²) in [7, 11) is 0. The summed E-state index contributed by atoms with van der Waals surface area (Å²) in [4.78, 5) is 2.45. The molecule has 3 aliphatic carbocycles. The highest BCUT2D eigenvalue weighted by Gasteiger charge is 2.36. The second-order valence-electron chi connectivity index (χ2n) is 12.8. The third-order valence-electron chi connectivity index (χ3n) is 10.1. The molecule has 0 amide bonds. The van der Waals surface area contributed by atoms with Crippen LogP contribution in [-0.2, 0) is 0 Å². The van der Waals surface area contributed by atoms with Gasteiger partial charge < -0.3 is 10.2 Å². The van der Waals surface area contributed by atoms with Crippen molar-refractivity contribution in [2.24, 2.45) is 5.92 Å². The van der Waals surface area contributed by atoms with Gasteiger partial charge in [0, 0.05) is 17.5 Å². The summed E-state index contributed by atoms with van der Waals surface area (Å²) in [6.07, 6.45) is 16.4. The van der Waals surface area contributed by atoms with Crippen molar-refractivity contribution in [3.05, 3.63) is 215 Å². The number of nitrogens with zero attached hydrogens (tertiary/aromatic N) is 1. The number of hydrogen-bond donors (Lipinski definition) is 1. The van der Waals surface area contributed by atoms with Crippen molar-refractivity contribution < 1.29 is 0 Å². The van der Waals surface area contributed by atoms with E-state index in [-0.39, 0.29) is 18.0 Å². The lowest BCUT2D eigenvalue weighted by atomic mass is 9.65. The van der Waals surface area contributed by atoms with Gasteiger partial charge in [0.1, 0.15) is 6.17 Å². The average molecular weight is 605 g/mol. The Hall–Kier alpha value is -5.60. The van der Waals surface area contributed by atoms with Gasteiger partial charge in [0.2, 0.25) is 0 Å². The number of hydrogen-bond acceptors (Lipinski definition) is 2. The molecule has 5 aromatic carbocycles. The first-order valence-corrected chi connectivity index (χ1v) is 16.8. The molecule has 226 valence electrons. The smallest absolute Gasteiger partial charge is 0.130 e. The molecule has 0 spiro atoms. The maximum atomic E-state index is 3.80. The van der Waals surface area contributed by atoms with E-state index in [1.165, 1.54) is 67.2 Å². The summed E-state index contributed by atoms with van der Waals surface area (Å²) in [6, 6.07) is 48.9. The van der Waals surface area contributed by atoms with Crippen LogP contribution in [0.15, 0.2) is 181 Å². The topological polar surface area (TPSA) is 15.3 Å². The molecule has 4 aliphatic rings. The number of allylic oxidation sites excluding steroid dienone is 8. The van der Waals surface area contributed by atoms with Gasteiger partial charge in [-0.2, -0.15) is 0 Å². The lowest BCUT2D eigenvalue weighted by Crippen LogP contribution is -2.27. The number of nitrogens with one attached hydrogen (secondary N) is 1. The molecule has 1 aliphatic heterocycles. The van der Waals surface area contributed by atoms with Crippen LogP contribution in [0.5, 0.6) is 0 Å². The number of rotatable bonds is 5. The van der Waals surface area contributed by atoms with Gasteiger partial charge in [-0.25, -0.2) is 0 Å². The summed E-state index contributed by atoms with van der Waals surface area (Å²) in [6.45, 7) is 0. The van der Waals surface area contributed by atoms with Crippen LogP contribution in [0.1, 0.15) is 58.3 Å². The molecule has 3 atom stereocenters. The van der Waals surface area contributed by atoms with Gasteiger partial charge in [-0.05, 0) is 81.2 Å². The van der Waals surface area contributed by atoms with Crippen LogP contribution in [0.3, 0.4) is 0 Å². The van der Waals surface area contributed by atoms with Crippen LogP contribution in [0.4, 0.5) is 11.4 Å². The first kappa shape index (κ1) is 27.7. The normalized spacial score (nSPS) is 20.9. The maximum Gasteiger partial charge on any atom is 0.130 e. The van der Waals surface area contributed by atoms with Gasteiger partial charge in [-0.3, -0.25) is 0 Å². The van der Waals surface area contributed by atoms with E-state index in [1.54, 1.807) is 0 Å². The minimum absolute atomic E-state index is 0.0478. The second-order valence-corrected chi connectivity index (χ2v) is 12.8. The summed E-state index contributed by atoms with van der Waals surface area (Å²) < 4.78 is 0. The zero-order valence-corrected chi connectivity index (χ0v) is 26.3. The lowest BCUT2D eigenvalue weighted by molar-refractivity contribution is 0.650. The van der Waals surface area contributed by atoms with E-state index in [0.29, 0.717) is 0 Å². The van der Waals surface area contributed by atoms with Crippen molar-refractivity contribution in [3.8, 4) is 0 Å². The van der Waals surface area contributed by atoms with E-state index in [1.807, 2.05) is 0 Å². The Morgan fingerprint density at radius 2 is 1.34 bits per heavy atom. The van der Waals surface area contributed by atoms with E-state index in [4.69, 9.17) is 0 Å². The Morgan fingerprint density at radius 3 is 2.15 bits per heavy atom.